The van der Waals surface area contributed by atoms with Crippen LogP contribution in [-0.4, -0.2) is 303 Å². The molecule has 0 rings (SSSR count). The molecule has 0 spiro atoms. The van der Waals surface area contributed by atoms with Gasteiger partial charge >= 0.3 is 305 Å². The molecule has 0 saturated carbocycles. The van der Waals surface area contributed by atoms with Crippen molar-refractivity contribution in [1.29, 1.82) is 0 Å². The SMILES string of the molecule is O.O.O.O.O.O.O=[S](=O)=[Pb].O=[S](=O)=[Pb].[O]=[Pb].[O]=[Pb].[O]=[Pb].[O]=[Pb].[O]=[Pb].[O]=[Pb].[O]=[Pb].[O]=[Pb]. The molecule has 0 unspecified atom stereocenters. The van der Waals surface area contributed by atoms with Crippen LogP contribution in [0.1, 0.15) is 0 Å². The van der Waals surface area contributed by atoms with E-state index >= 15 is 0 Å². The van der Waals surface area contributed by atoms with E-state index < -0.39 is 13.4 Å². The zero-order chi connectivity index (χ0) is 23.2. The van der Waals surface area contributed by atoms with E-state index in [2.05, 4.69) is 0 Å². The van der Waals surface area contributed by atoms with E-state index in [-0.39, 0.29) is 286 Å². The normalized spacial score (nSPS) is 2.67. The van der Waals surface area contributed by atoms with Crippen molar-refractivity contribution >= 4 is 267 Å². The summed E-state index contributed by atoms with van der Waals surface area (Å²) in [4.78, 5) is 0. The molecule has 0 saturated heterocycles. The van der Waals surface area contributed by atoms with Crippen molar-refractivity contribution in [2.75, 3.05) is 0 Å². The van der Waals surface area contributed by atoms with Crippen LogP contribution in [0.4, 0.5) is 0 Å². The molecule has 0 heterocycles. The first-order valence-electron chi connectivity index (χ1n) is 2.71. The molecule has 0 fully saturated rings. The molecule has 0 aromatic heterocycles. The van der Waals surface area contributed by atoms with Gasteiger partial charge in [-0.1, -0.05) is 0 Å². The standard InChI is InChI=1S/2O2S.6H2O.8O.10Pb/c2*1-3-2;;;;;;;;;;;;;;;;;;;;;;;;/h;;6*1H2;;;;;;;;;;;;;;;;;;. The predicted molar refractivity (Wildman–Crippen MR) is 103 cm³/mol. The number of rotatable bonds is 0. The molecule has 0 aromatic carbocycles. The van der Waals surface area contributed by atoms with Gasteiger partial charge in [0.2, 0.25) is 0 Å². The summed E-state index contributed by atoms with van der Waals surface area (Å²) in [6, 6.07) is 0. The van der Waals surface area contributed by atoms with E-state index in [4.69, 9.17) is 38.3 Å². The quantitative estimate of drug-likeness (QED) is 0.204. The van der Waals surface area contributed by atoms with Crippen molar-refractivity contribution in [3.8, 4) is 0 Å². The van der Waals surface area contributed by atoms with E-state index in [0.29, 0.717) is 0 Å². The Morgan fingerprint density at radius 3 is 0.267 bits per heavy atom. The second-order valence-corrected chi connectivity index (χ2v) is 9.18. The van der Waals surface area contributed by atoms with Gasteiger partial charge in [-0.25, -0.2) is 0 Å². The molecule has 0 amide bonds. The Kier molecular flexibility index (Phi) is 944. The van der Waals surface area contributed by atoms with E-state index in [0.717, 1.165) is 0 Å². The maximum atomic E-state index is 9.06. The number of hydrogen-bond acceptors (Lipinski definition) is 12. The van der Waals surface area contributed by atoms with Crippen molar-refractivity contribution in [3.63, 3.8) is 0 Å². The minimum absolute atomic E-state index is 0. The second-order valence-electron chi connectivity index (χ2n) is 0.469. The number of hydrogen-bond donors (Lipinski definition) is 0. The van der Waals surface area contributed by atoms with E-state index in [1.807, 2.05) is 0 Å². The van der Waals surface area contributed by atoms with E-state index in [1.165, 1.54) is 0 Å². The van der Waals surface area contributed by atoms with Crippen LogP contribution in [0.2, 0.25) is 0 Å². The van der Waals surface area contributed by atoms with Crippen LogP contribution >= 0.6 is 0 Å². The molecule has 12 N–H and O–H groups in total. The van der Waals surface area contributed by atoms with Gasteiger partial charge < -0.3 is 32.9 Å². The molecule has 30 heavy (non-hydrogen) atoms. The first kappa shape index (κ1) is 109. The first-order chi connectivity index (χ1) is 11.5. The van der Waals surface area contributed by atoms with Crippen molar-refractivity contribution in [2.24, 2.45) is 0 Å². The summed E-state index contributed by atoms with van der Waals surface area (Å²) in [5, 5.41) is 0. The zero-order valence-corrected chi connectivity index (χ0v) is 54.2. The van der Waals surface area contributed by atoms with Crippen molar-refractivity contribution in [1.82, 2.24) is 0 Å². The van der Waals surface area contributed by atoms with Crippen LogP contribution in [0.25, 0.3) is 0 Å². The maximum absolute atomic E-state index is 9.06. The molecule has 0 aromatic rings. The van der Waals surface area contributed by atoms with Crippen molar-refractivity contribution < 1.29 is 71.2 Å². The van der Waals surface area contributed by atoms with Crippen LogP contribution in [0.5, 0.6) is 0 Å². The van der Waals surface area contributed by atoms with Crippen LogP contribution in [0, 0.1) is 0 Å². The molecule has 18 nitrogen and oxygen atoms in total. The molecule has 0 aliphatic rings. The average Bonchev–Trinajstić information content (AvgIpc) is 2.67. The molecule has 0 aliphatic carbocycles. The Hall–Kier alpha value is 7.02. The summed E-state index contributed by atoms with van der Waals surface area (Å²) in [6.07, 6.45) is 0. The van der Waals surface area contributed by atoms with Gasteiger partial charge in [0.1, 0.15) is 0 Å². The monoisotopic (exact) mass is 2440 g/mol. The summed E-state index contributed by atoms with van der Waals surface area (Å²) in [6.45, 7) is -3.44. The fourth-order valence-electron chi connectivity index (χ4n) is 0. The van der Waals surface area contributed by atoms with Gasteiger partial charge in [-0.2, -0.15) is 0 Å². The summed E-state index contributed by atoms with van der Waals surface area (Å²) in [7, 11) is 0. The van der Waals surface area contributed by atoms with E-state index in [9.17, 15) is 0 Å². The second kappa shape index (κ2) is 261. The summed E-state index contributed by atoms with van der Waals surface area (Å²) in [5.41, 5.74) is 0. The Balaban J connectivity index is -0.00000000516. The molecule has 20 radical (unpaired) electrons. The van der Waals surface area contributed by atoms with Crippen LogP contribution in [0.3, 0.4) is 0 Å². The van der Waals surface area contributed by atoms with Gasteiger partial charge in [0.05, 0.1) is 0 Å². The molecule has 0 bridgehead atoms. The Morgan fingerprint density at radius 1 is 0.267 bits per heavy atom. The molecule has 0 atom stereocenters. The molecule has 30 heteroatoms. The topological polar surface area (TPSA) is 394 Å². The summed E-state index contributed by atoms with van der Waals surface area (Å²) in [5.74, 6) is 0. The van der Waals surface area contributed by atoms with Crippen LogP contribution in [-0.2, 0) is 34.9 Å². The third-order valence-corrected chi connectivity index (χ3v) is 0. The van der Waals surface area contributed by atoms with Gasteiger partial charge in [-0.05, 0) is 0 Å². The Morgan fingerprint density at radius 2 is 0.267 bits per heavy atom. The molecular formula is H12O18Pb10S2. The summed E-state index contributed by atoms with van der Waals surface area (Å²) < 4.78 is 103. The summed E-state index contributed by atoms with van der Waals surface area (Å²) >= 11 is 0.975. The molecule has 172 valence electrons. The molecule has 0 aliphatic heterocycles. The Bertz CT molecular complexity index is 286. The van der Waals surface area contributed by atoms with Crippen LogP contribution in [0.15, 0.2) is 0 Å². The minimum atomic E-state index is -1.72. The van der Waals surface area contributed by atoms with Gasteiger partial charge in [-0.3, -0.25) is 0 Å². The van der Waals surface area contributed by atoms with Crippen molar-refractivity contribution in [3.05, 3.63) is 0 Å². The van der Waals surface area contributed by atoms with Crippen LogP contribution < -0.4 is 0 Å². The third-order valence-electron chi connectivity index (χ3n) is 0. The Labute approximate surface area is 329 Å². The predicted octanol–water partition coefficient (Wildman–Crippen LogP) is -11.0. The molecular weight excluding hydrogens is 2420 g/mol. The fraction of sp³-hybridized carbons (Fsp3) is 0. The van der Waals surface area contributed by atoms with Gasteiger partial charge in [0.25, 0.3) is 0 Å². The van der Waals surface area contributed by atoms with Gasteiger partial charge in [0, 0.05) is 0 Å². The van der Waals surface area contributed by atoms with Gasteiger partial charge in [-0.15, -0.1) is 0 Å². The third kappa shape index (κ3) is 822. The van der Waals surface area contributed by atoms with Crippen molar-refractivity contribution in [2.45, 2.75) is 0 Å². The van der Waals surface area contributed by atoms with E-state index in [1.54, 1.807) is 0 Å². The first-order valence-corrected chi connectivity index (χ1v) is 27.1. The fourth-order valence-corrected chi connectivity index (χ4v) is 0. The zero-order valence-electron chi connectivity index (χ0n) is 13.7. The van der Waals surface area contributed by atoms with Gasteiger partial charge in [0.15, 0.2) is 0 Å². The average molecular weight is 2440 g/mol.